The molecule has 0 aromatic carbocycles. The molecule has 0 bridgehead atoms. The van der Waals surface area contributed by atoms with Gasteiger partial charge in [0.25, 0.3) is 21.5 Å². The number of sulfonamides is 1. The molecule has 296 valence electrons. The number of carbonyl (C=O) groups is 4. The number of alkyl carbamates (subject to hydrolysis) is 1. The third-order valence-corrected chi connectivity index (χ3v) is 14.7. The molecule has 1 aliphatic heterocycles. The summed E-state index contributed by atoms with van der Waals surface area (Å²) in [7, 11) is -4.24. The van der Waals surface area contributed by atoms with Crippen LogP contribution < -0.4 is 20.9 Å². The minimum Gasteiger partial charge on any atom is -0.446 e. The van der Waals surface area contributed by atoms with Crippen LogP contribution in [0.25, 0.3) is 22.3 Å². The van der Waals surface area contributed by atoms with E-state index in [9.17, 15) is 32.4 Å². The fraction of sp³-hybridized carbons (Fsp3) is 0.421. The highest BCUT2D eigenvalue weighted by Crippen LogP contribution is 2.45. The first-order valence-corrected chi connectivity index (χ1v) is 22.4. The molecule has 3 N–H and O–H groups in total. The van der Waals surface area contributed by atoms with E-state index in [1.165, 1.54) is 44.4 Å². The number of rotatable bonds is 12. The predicted molar refractivity (Wildman–Crippen MR) is 214 cm³/mol. The molecule has 5 atom stereocenters. The van der Waals surface area contributed by atoms with Gasteiger partial charge in [0.1, 0.15) is 27.9 Å². The molecular formula is C38H42N6O8S4. The Kier molecular flexibility index (Phi) is 10.9. The molecular weight excluding hydrogens is 797 g/mol. The molecule has 1 saturated heterocycles. The number of hydrogen-bond acceptors (Lipinski definition) is 12. The van der Waals surface area contributed by atoms with Gasteiger partial charge in [0.2, 0.25) is 11.8 Å². The van der Waals surface area contributed by atoms with Crippen LogP contribution in [0, 0.1) is 11.3 Å². The molecule has 14 nitrogen and oxygen atoms in total. The Balaban J connectivity index is 1.23. The number of hydrogen-bond donors (Lipinski definition) is 3. The Hall–Kier alpha value is -4.65. The van der Waals surface area contributed by atoms with Crippen molar-refractivity contribution in [2.75, 3.05) is 6.54 Å². The molecule has 0 radical (unpaired) electrons. The van der Waals surface area contributed by atoms with E-state index in [1.807, 2.05) is 33.7 Å². The lowest BCUT2D eigenvalue weighted by atomic mass is 9.85. The SMILES string of the molecule is C=C[C@@H]1C[C@]1(NC(=O)[C@@H]1C[C@@H](n2ncc(-c3ccsc3)c(-c3ccsc3)c2=O)CN1C(=O)[C@@H](NC(=O)OC1CCC1)C(C)(C)C)C(=O)NS(=O)(=O)c1cccs1. The van der Waals surface area contributed by atoms with Crippen molar-refractivity contribution in [1.82, 2.24) is 30.0 Å². The van der Waals surface area contributed by atoms with Crippen molar-refractivity contribution in [3.05, 3.63) is 80.4 Å². The summed E-state index contributed by atoms with van der Waals surface area (Å²) in [4.78, 5) is 71.7. The fourth-order valence-corrected chi connectivity index (χ4v) is 10.5. The molecule has 0 spiro atoms. The van der Waals surface area contributed by atoms with Gasteiger partial charge in [0, 0.05) is 24.4 Å². The molecule has 18 heteroatoms. The fourth-order valence-electron chi connectivity index (χ4n) is 7.16. The van der Waals surface area contributed by atoms with Crippen LogP contribution in [-0.4, -0.2) is 77.2 Å². The van der Waals surface area contributed by atoms with Crippen molar-refractivity contribution >= 4 is 67.8 Å². The zero-order chi connectivity index (χ0) is 40.0. The molecule has 5 heterocycles. The molecule has 56 heavy (non-hydrogen) atoms. The summed E-state index contributed by atoms with van der Waals surface area (Å²) in [5, 5.41) is 19.2. The van der Waals surface area contributed by atoms with Gasteiger partial charge in [-0.2, -0.15) is 27.8 Å². The van der Waals surface area contributed by atoms with Crippen LogP contribution in [0.15, 0.2) is 79.0 Å². The van der Waals surface area contributed by atoms with Crippen LogP contribution in [0.5, 0.6) is 0 Å². The molecule has 4 aromatic rings. The van der Waals surface area contributed by atoms with Crippen LogP contribution in [0.1, 0.15) is 58.9 Å². The van der Waals surface area contributed by atoms with Gasteiger partial charge in [0.05, 0.1) is 17.8 Å². The van der Waals surface area contributed by atoms with Crippen LogP contribution in [-0.2, 0) is 29.1 Å². The summed E-state index contributed by atoms with van der Waals surface area (Å²) in [6.07, 6.45) is 4.49. The Labute approximate surface area is 336 Å². The van der Waals surface area contributed by atoms with Crippen molar-refractivity contribution < 1.29 is 32.3 Å². The summed E-state index contributed by atoms with van der Waals surface area (Å²) in [5.74, 6) is -2.87. The molecule has 2 aliphatic carbocycles. The molecule has 2 saturated carbocycles. The average molecular weight is 839 g/mol. The second-order valence-corrected chi connectivity index (χ2v) is 19.8. The van der Waals surface area contributed by atoms with Gasteiger partial charge in [-0.25, -0.2) is 22.6 Å². The van der Waals surface area contributed by atoms with Crippen molar-refractivity contribution in [2.45, 2.75) is 86.9 Å². The number of nitrogens with one attached hydrogen (secondary N) is 3. The van der Waals surface area contributed by atoms with Gasteiger partial charge < -0.3 is 20.3 Å². The molecule has 3 aliphatic rings. The van der Waals surface area contributed by atoms with Gasteiger partial charge in [-0.1, -0.05) is 32.9 Å². The number of amides is 4. The zero-order valence-corrected chi connectivity index (χ0v) is 34.2. The minimum absolute atomic E-state index is 0.0696. The minimum atomic E-state index is -4.24. The smallest absolute Gasteiger partial charge is 0.408 e. The van der Waals surface area contributed by atoms with Crippen LogP contribution in [0.2, 0.25) is 0 Å². The lowest BCUT2D eigenvalue weighted by Crippen LogP contribution is -2.60. The maximum absolute atomic E-state index is 14.7. The average Bonchev–Trinajstić information content (AvgIpc) is 3.82. The third kappa shape index (κ3) is 7.71. The van der Waals surface area contributed by atoms with E-state index in [-0.39, 0.29) is 29.7 Å². The Morgan fingerprint density at radius 3 is 2.36 bits per heavy atom. The second kappa shape index (κ2) is 15.4. The Bertz CT molecular complexity index is 2300. The normalized spacial score (nSPS) is 22.8. The second-order valence-electron chi connectivity index (χ2n) is 15.4. The lowest BCUT2D eigenvalue weighted by molar-refractivity contribution is -0.142. The van der Waals surface area contributed by atoms with E-state index in [4.69, 9.17) is 4.74 Å². The number of nitrogens with zero attached hydrogens (tertiary/aromatic N) is 3. The summed E-state index contributed by atoms with van der Waals surface area (Å²) in [5.41, 5.74) is -0.325. The quantitative estimate of drug-likeness (QED) is 0.162. The van der Waals surface area contributed by atoms with E-state index in [1.54, 1.807) is 38.4 Å². The highest BCUT2D eigenvalue weighted by atomic mass is 32.2. The first-order chi connectivity index (χ1) is 26.6. The van der Waals surface area contributed by atoms with E-state index in [2.05, 4.69) is 27.0 Å². The first kappa shape index (κ1) is 39.6. The largest absolute Gasteiger partial charge is 0.446 e. The Morgan fingerprint density at radius 2 is 1.79 bits per heavy atom. The zero-order valence-electron chi connectivity index (χ0n) is 30.9. The molecule has 4 amide bonds. The van der Waals surface area contributed by atoms with E-state index in [0.717, 1.165) is 36.2 Å². The van der Waals surface area contributed by atoms with Gasteiger partial charge >= 0.3 is 6.09 Å². The van der Waals surface area contributed by atoms with Gasteiger partial charge in [-0.15, -0.1) is 17.9 Å². The number of ether oxygens (including phenoxy) is 1. The number of thiophene rings is 3. The molecule has 7 rings (SSSR count). The lowest BCUT2D eigenvalue weighted by Gasteiger charge is -2.36. The summed E-state index contributed by atoms with van der Waals surface area (Å²) >= 11 is 3.86. The van der Waals surface area contributed by atoms with E-state index >= 15 is 0 Å². The maximum atomic E-state index is 14.7. The molecule has 4 aromatic heterocycles. The third-order valence-electron chi connectivity index (χ3n) is 10.6. The van der Waals surface area contributed by atoms with Gasteiger partial charge in [-0.05, 0) is 87.3 Å². The number of carbonyl (C=O) groups excluding carboxylic acids is 4. The molecule has 0 unspecified atom stereocenters. The summed E-state index contributed by atoms with van der Waals surface area (Å²) in [6.45, 7) is 8.97. The van der Waals surface area contributed by atoms with Crippen molar-refractivity contribution in [3.8, 4) is 22.3 Å². The highest BCUT2D eigenvalue weighted by Gasteiger charge is 2.61. The van der Waals surface area contributed by atoms with Crippen molar-refractivity contribution in [3.63, 3.8) is 0 Å². The van der Waals surface area contributed by atoms with Crippen LogP contribution in [0.4, 0.5) is 4.79 Å². The first-order valence-electron chi connectivity index (χ1n) is 18.1. The number of aromatic nitrogens is 2. The van der Waals surface area contributed by atoms with Gasteiger partial charge in [-0.3, -0.25) is 19.2 Å². The van der Waals surface area contributed by atoms with E-state index < -0.39 is 74.4 Å². The van der Waals surface area contributed by atoms with Crippen molar-refractivity contribution in [2.24, 2.45) is 11.3 Å². The standard InChI is InChI=1S/C38H42N6O8S4/c1-5-24-17-38(24,35(48)42-56(50,51)29-10-7-13-55-29)41-32(45)28-16-25(19-43(28)34(47)31(37(2,3)4)40-36(49)52-26-8-6-9-26)44-33(46)30(23-12-15-54-21-23)27(18-39-44)22-11-14-53-20-22/h5,7,10-15,18,20-21,24-26,28,31H,1,6,8-9,16-17,19H2,2-4H3,(H,40,49)(H,41,45)(H,42,48)/t24-,25-,28+,31-,38-/m1/s1. The Morgan fingerprint density at radius 1 is 1.07 bits per heavy atom. The topological polar surface area (TPSA) is 186 Å². The van der Waals surface area contributed by atoms with Crippen LogP contribution >= 0.6 is 34.0 Å². The molecule has 3 fully saturated rings. The summed E-state index contributed by atoms with van der Waals surface area (Å²) in [6, 6.07) is 3.46. The van der Waals surface area contributed by atoms with E-state index in [0.29, 0.717) is 16.7 Å². The number of likely N-dealkylation sites (tertiary alicyclic amines) is 1. The van der Waals surface area contributed by atoms with Gasteiger partial charge in [0.15, 0.2) is 0 Å². The maximum Gasteiger partial charge on any atom is 0.408 e. The van der Waals surface area contributed by atoms with Crippen molar-refractivity contribution in [1.29, 1.82) is 0 Å². The van der Waals surface area contributed by atoms with Crippen LogP contribution in [0.3, 0.4) is 0 Å². The summed E-state index contributed by atoms with van der Waals surface area (Å²) < 4.78 is 35.0. The monoisotopic (exact) mass is 838 g/mol. The predicted octanol–water partition coefficient (Wildman–Crippen LogP) is 5.16. The highest BCUT2D eigenvalue weighted by molar-refractivity contribution is 7.92.